The molecule has 84 valence electrons. The predicted octanol–water partition coefficient (Wildman–Crippen LogP) is 1.51. The number of anilines is 1. The molecule has 5 nitrogen and oxygen atoms in total. The van der Waals surface area contributed by atoms with Gasteiger partial charge in [0, 0.05) is 18.0 Å². The van der Waals surface area contributed by atoms with Gasteiger partial charge in [-0.15, -0.1) is 10.2 Å². The minimum absolute atomic E-state index is 0.112. The van der Waals surface area contributed by atoms with Crippen LogP contribution in [0.15, 0.2) is 36.7 Å². The molecule has 0 radical (unpaired) electrons. The normalized spacial score (nSPS) is 10.9. The van der Waals surface area contributed by atoms with Crippen molar-refractivity contribution < 1.29 is 4.39 Å². The number of halogens is 1. The molecule has 0 aliphatic rings. The van der Waals surface area contributed by atoms with Crippen LogP contribution in [0.4, 0.5) is 10.1 Å². The van der Waals surface area contributed by atoms with E-state index in [4.69, 9.17) is 5.73 Å². The molecule has 2 N–H and O–H groups in total. The van der Waals surface area contributed by atoms with Crippen molar-refractivity contribution in [2.45, 2.75) is 0 Å². The molecule has 0 amide bonds. The Morgan fingerprint density at radius 1 is 1.24 bits per heavy atom. The molecule has 0 aliphatic heterocycles. The third kappa shape index (κ3) is 1.50. The van der Waals surface area contributed by atoms with Crippen molar-refractivity contribution in [3.63, 3.8) is 0 Å². The topological polar surface area (TPSA) is 69.1 Å². The highest BCUT2D eigenvalue weighted by Gasteiger charge is 2.09. The summed E-state index contributed by atoms with van der Waals surface area (Å²) in [6.45, 7) is 0. The number of hydrogen-bond acceptors (Lipinski definition) is 4. The number of nitrogens with two attached hydrogens (primary N) is 1. The van der Waals surface area contributed by atoms with E-state index in [1.807, 2.05) is 0 Å². The summed E-state index contributed by atoms with van der Waals surface area (Å²) in [5, 5.41) is 7.87. The molecule has 2 heterocycles. The second kappa shape index (κ2) is 3.51. The lowest BCUT2D eigenvalue weighted by molar-refractivity contribution is 0.633. The summed E-state index contributed by atoms with van der Waals surface area (Å²) < 4.78 is 15.1. The van der Waals surface area contributed by atoms with Crippen molar-refractivity contribution in [3.8, 4) is 11.4 Å². The molecular weight excluding hydrogens is 221 g/mol. The highest BCUT2D eigenvalue weighted by molar-refractivity contribution is 5.61. The predicted molar refractivity (Wildman–Crippen MR) is 60.6 cm³/mol. The Morgan fingerprint density at radius 3 is 2.94 bits per heavy atom. The maximum Gasteiger partial charge on any atom is 0.255 e. The minimum atomic E-state index is -0.469. The Hall–Kier alpha value is -2.50. The van der Waals surface area contributed by atoms with E-state index in [9.17, 15) is 4.39 Å². The number of aromatic nitrogens is 4. The van der Waals surface area contributed by atoms with Gasteiger partial charge in [0.1, 0.15) is 5.82 Å². The highest BCUT2D eigenvalue weighted by Crippen LogP contribution is 2.21. The lowest BCUT2D eigenvalue weighted by atomic mass is 10.2. The monoisotopic (exact) mass is 229 g/mol. The lowest BCUT2D eigenvalue weighted by Crippen LogP contribution is -1.94. The molecule has 6 heteroatoms. The van der Waals surface area contributed by atoms with Gasteiger partial charge >= 0.3 is 0 Å². The fourth-order valence-corrected chi connectivity index (χ4v) is 1.61. The van der Waals surface area contributed by atoms with Gasteiger partial charge in [0.25, 0.3) is 5.78 Å². The first-order valence-corrected chi connectivity index (χ1v) is 4.97. The maximum atomic E-state index is 13.4. The zero-order valence-electron chi connectivity index (χ0n) is 8.71. The van der Waals surface area contributed by atoms with E-state index in [1.165, 1.54) is 12.1 Å². The number of rotatable bonds is 1. The Balaban J connectivity index is 2.24. The summed E-state index contributed by atoms with van der Waals surface area (Å²) in [5.74, 6) is 0.537. The van der Waals surface area contributed by atoms with E-state index in [-0.39, 0.29) is 5.69 Å². The van der Waals surface area contributed by atoms with E-state index < -0.39 is 5.82 Å². The summed E-state index contributed by atoms with van der Waals surface area (Å²) in [4.78, 5) is 4.04. The standard InChI is InChI=1S/C11H8FN5/c12-8-6-7(2-3-9(8)13)10-15-16-11-14-4-1-5-17(10)11/h1-6H,13H2. The average Bonchev–Trinajstić information content (AvgIpc) is 2.76. The smallest absolute Gasteiger partial charge is 0.255 e. The van der Waals surface area contributed by atoms with Crippen LogP contribution in [-0.2, 0) is 0 Å². The summed E-state index contributed by atoms with van der Waals surface area (Å²) in [5.41, 5.74) is 6.14. The number of nitrogens with zero attached hydrogens (tertiary/aromatic N) is 4. The molecule has 0 saturated carbocycles. The number of fused-ring (bicyclic) bond motifs is 1. The van der Waals surface area contributed by atoms with E-state index in [1.54, 1.807) is 28.9 Å². The van der Waals surface area contributed by atoms with Crippen molar-refractivity contribution in [1.29, 1.82) is 0 Å². The maximum absolute atomic E-state index is 13.4. The van der Waals surface area contributed by atoms with Crippen LogP contribution in [-0.4, -0.2) is 19.6 Å². The minimum Gasteiger partial charge on any atom is -0.396 e. The van der Waals surface area contributed by atoms with Crippen molar-refractivity contribution in [1.82, 2.24) is 19.6 Å². The van der Waals surface area contributed by atoms with Crippen LogP contribution in [0.3, 0.4) is 0 Å². The molecule has 0 bridgehead atoms. The molecule has 0 spiro atoms. The van der Waals surface area contributed by atoms with Gasteiger partial charge in [-0.3, -0.25) is 4.40 Å². The first-order chi connectivity index (χ1) is 8.25. The second-order valence-electron chi connectivity index (χ2n) is 3.55. The quantitative estimate of drug-likeness (QED) is 0.642. The van der Waals surface area contributed by atoms with Gasteiger partial charge in [-0.2, -0.15) is 0 Å². The molecule has 3 aromatic rings. The molecule has 0 aliphatic carbocycles. The Bertz CT molecular complexity index is 691. The van der Waals surface area contributed by atoms with Crippen molar-refractivity contribution in [2.75, 3.05) is 5.73 Å². The van der Waals surface area contributed by atoms with E-state index in [0.29, 0.717) is 17.2 Å². The van der Waals surface area contributed by atoms with Gasteiger partial charge in [-0.05, 0) is 24.3 Å². The Labute approximate surface area is 95.7 Å². The Kier molecular flexibility index (Phi) is 2.01. The molecule has 0 unspecified atom stereocenters. The third-order valence-corrected chi connectivity index (χ3v) is 2.45. The zero-order valence-corrected chi connectivity index (χ0v) is 8.71. The Morgan fingerprint density at radius 2 is 2.12 bits per heavy atom. The average molecular weight is 229 g/mol. The van der Waals surface area contributed by atoms with Crippen LogP contribution in [0.25, 0.3) is 17.2 Å². The van der Waals surface area contributed by atoms with Crippen LogP contribution in [0, 0.1) is 5.82 Å². The molecular formula is C11H8FN5. The van der Waals surface area contributed by atoms with E-state index >= 15 is 0 Å². The molecule has 2 aromatic heterocycles. The van der Waals surface area contributed by atoms with E-state index in [2.05, 4.69) is 15.2 Å². The van der Waals surface area contributed by atoms with Gasteiger partial charge in [-0.1, -0.05) is 0 Å². The summed E-state index contributed by atoms with van der Waals surface area (Å²) >= 11 is 0. The van der Waals surface area contributed by atoms with Gasteiger partial charge < -0.3 is 5.73 Å². The molecule has 0 saturated heterocycles. The number of nitrogen functional groups attached to an aromatic ring is 1. The molecule has 0 atom stereocenters. The van der Waals surface area contributed by atoms with Gasteiger partial charge in [0.15, 0.2) is 5.82 Å². The van der Waals surface area contributed by atoms with Crippen LogP contribution in [0.2, 0.25) is 0 Å². The van der Waals surface area contributed by atoms with Crippen molar-refractivity contribution >= 4 is 11.5 Å². The summed E-state index contributed by atoms with van der Waals surface area (Å²) in [6.07, 6.45) is 3.39. The van der Waals surface area contributed by atoms with Crippen LogP contribution in [0.5, 0.6) is 0 Å². The first-order valence-electron chi connectivity index (χ1n) is 4.97. The lowest BCUT2D eigenvalue weighted by Gasteiger charge is -2.01. The summed E-state index contributed by atoms with van der Waals surface area (Å²) in [6, 6.07) is 6.29. The van der Waals surface area contributed by atoms with Crippen LogP contribution >= 0.6 is 0 Å². The van der Waals surface area contributed by atoms with Gasteiger partial charge in [0.05, 0.1) is 5.69 Å². The van der Waals surface area contributed by atoms with E-state index in [0.717, 1.165) is 0 Å². The first kappa shape index (κ1) is 9.71. The second-order valence-corrected chi connectivity index (χ2v) is 3.55. The molecule has 1 aromatic carbocycles. The largest absolute Gasteiger partial charge is 0.396 e. The summed E-state index contributed by atoms with van der Waals surface area (Å²) in [7, 11) is 0. The van der Waals surface area contributed by atoms with Crippen LogP contribution < -0.4 is 5.73 Å². The number of benzene rings is 1. The van der Waals surface area contributed by atoms with Gasteiger partial charge in [-0.25, -0.2) is 9.37 Å². The zero-order chi connectivity index (χ0) is 11.8. The SMILES string of the molecule is Nc1ccc(-c2nnc3ncccn23)cc1F. The molecule has 0 fully saturated rings. The van der Waals surface area contributed by atoms with Crippen LogP contribution in [0.1, 0.15) is 0 Å². The fraction of sp³-hybridized carbons (Fsp3) is 0. The van der Waals surface area contributed by atoms with Gasteiger partial charge in [0.2, 0.25) is 0 Å². The third-order valence-electron chi connectivity index (χ3n) is 2.45. The highest BCUT2D eigenvalue weighted by atomic mass is 19.1. The fourth-order valence-electron chi connectivity index (χ4n) is 1.61. The molecule has 17 heavy (non-hydrogen) atoms. The molecule has 3 rings (SSSR count). The van der Waals surface area contributed by atoms with Crippen molar-refractivity contribution in [2.24, 2.45) is 0 Å². The number of hydrogen-bond donors (Lipinski definition) is 1. The van der Waals surface area contributed by atoms with Crippen molar-refractivity contribution in [3.05, 3.63) is 42.5 Å².